The number of hydrogen-bond donors (Lipinski definition) is 1. The number of rotatable bonds is 2. The van der Waals surface area contributed by atoms with Crippen molar-refractivity contribution in [3.63, 3.8) is 0 Å². The quantitative estimate of drug-likeness (QED) is 0.814. The van der Waals surface area contributed by atoms with Crippen molar-refractivity contribution in [2.24, 2.45) is 0 Å². The third-order valence-corrected chi connectivity index (χ3v) is 4.38. The van der Waals surface area contributed by atoms with Crippen molar-refractivity contribution < 1.29 is 4.21 Å². The van der Waals surface area contributed by atoms with Crippen LogP contribution in [0.1, 0.15) is 26.3 Å². The predicted molar refractivity (Wildman–Crippen MR) is 67.5 cm³/mol. The summed E-state index contributed by atoms with van der Waals surface area (Å²) >= 11 is 6.01. The molecule has 0 fully saturated rings. The lowest BCUT2D eigenvalue weighted by molar-refractivity contribution is 0.648. The Bertz CT molecular complexity index is 364. The fraction of sp³-hybridized carbons (Fsp3) is 0.455. The molecule has 1 atom stereocenters. The highest BCUT2D eigenvalue weighted by molar-refractivity contribution is 7.85. The zero-order valence-electron chi connectivity index (χ0n) is 9.21. The molecule has 0 aliphatic rings. The Kier molecular flexibility index (Phi) is 3.79. The van der Waals surface area contributed by atoms with E-state index in [0.29, 0.717) is 16.5 Å². The summed E-state index contributed by atoms with van der Waals surface area (Å²) in [6, 6.07) is 5.34. The maximum atomic E-state index is 11.9. The molecule has 0 spiro atoms. The molecular formula is C11H16ClNOS. The molecule has 84 valence electrons. The van der Waals surface area contributed by atoms with Crippen molar-refractivity contribution in [3.05, 3.63) is 28.8 Å². The minimum absolute atomic E-state index is 0.244. The molecule has 0 amide bonds. The summed E-state index contributed by atoms with van der Waals surface area (Å²) in [6.07, 6.45) is 0. The number of nitrogens with two attached hydrogens (primary N) is 1. The minimum atomic E-state index is -0.973. The molecule has 1 aromatic carbocycles. The maximum absolute atomic E-state index is 11.9. The van der Waals surface area contributed by atoms with Gasteiger partial charge < -0.3 is 5.73 Å². The number of anilines is 1. The summed E-state index contributed by atoms with van der Waals surface area (Å²) in [7, 11) is -0.973. The van der Waals surface area contributed by atoms with Gasteiger partial charge in [-0.2, -0.15) is 0 Å². The largest absolute Gasteiger partial charge is 0.398 e. The molecule has 0 saturated heterocycles. The molecule has 0 bridgehead atoms. The van der Waals surface area contributed by atoms with Crippen LogP contribution in [0.15, 0.2) is 18.2 Å². The van der Waals surface area contributed by atoms with E-state index in [1.54, 1.807) is 18.2 Å². The summed E-state index contributed by atoms with van der Waals surface area (Å²) in [5.74, 6) is 0.412. The van der Waals surface area contributed by atoms with Gasteiger partial charge in [0.05, 0.1) is 5.75 Å². The summed E-state index contributed by atoms with van der Waals surface area (Å²) < 4.78 is 11.7. The molecule has 2 N–H and O–H groups in total. The Labute approximate surface area is 98.3 Å². The Morgan fingerprint density at radius 1 is 1.40 bits per heavy atom. The molecule has 1 rings (SSSR count). The zero-order valence-corrected chi connectivity index (χ0v) is 10.8. The standard InChI is InChI=1S/C11H16ClNOS/c1-11(2,3)15(14)7-8-9(12)5-4-6-10(8)13/h4-6H,7,13H2,1-3H3. The van der Waals surface area contributed by atoms with Crippen LogP contribution in [0.2, 0.25) is 5.02 Å². The van der Waals surface area contributed by atoms with Gasteiger partial charge in [0.25, 0.3) is 0 Å². The Hall–Kier alpha value is -0.540. The van der Waals surface area contributed by atoms with E-state index in [4.69, 9.17) is 17.3 Å². The van der Waals surface area contributed by atoms with Crippen molar-refractivity contribution in [2.45, 2.75) is 31.3 Å². The van der Waals surface area contributed by atoms with E-state index in [9.17, 15) is 4.21 Å². The fourth-order valence-corrected chi connectivity index (χ4v) is 2.42. The van der Waals surface area contributed by atoms with E-state index < -0.39 is 10.8 Å². The highest BCUT2D eigenvalue weighted by Crippen LogP contribution is 2.26. The first-order valence-electron chi connectivity index (χ1n) is 4.73. The highest BCUT2D eigenvalue weighted by atomic mass is 35.5. The Balaban J connectivity index is 2.95. The zero-order chi connectivity index (χ0) is 11.6. The molecule has 0 heterocycles. The van der Waals surface area contributed by atoms with E-state index in [2.05, 4.69) is 0 Å². The molecule has 15 heavy (non-hydrogen) atoms. The molecule has 4 heteroatoms. The van der Waals surface area contributed by atoms with Gasteiger partial charge in [0.15, 0.2) is 0 Å². The first kappa shape index (κ1) is 12.5. The summed E-state index contributed by atoms with van der Waals surface area (Å²) in [6.45, 7) is 5.82. The molecule has 2 nitrogen and oxygen atoms in total. The van der Waals surface area contributed by atoms with Crippen LogP contribution in [0.5, 0.6) is 0 Å². The van der Waals surface area contributed by atoms with E-state index in [0.717, 1.165) is 5.56 Å². The average Bonchev–Trinajstić information content (AvgIpc) is 2.09. The fourth-order valence-electron chi connectivity index (χ4n) is 1.08. The molecule has 0 saturated carbocycles. The van der Waals surface area contributed by atoms with Crippen LogP contribution in [-0.4, -0.2) is 8.96 Å². The third kappa shape index (κ3) is 3.21. The summed E-state index contributed by atoms with van der Waals surface area (Å²) in [5.41, 5.74) is 7.19. The lowest BCUT2D eigenvalue weighted by Gasteiger charge is -2.18. The van der Waals surface area contributed by atoms with Gasteiger partial charge in [0.1, 0.15) is 0 Å². The van der Waals surface area contributed by atoms with Crippen molar-refractivity contribution in [3.8, 4) is 0 Å². The second kappa shape index (κ2) is 4.54. The van der Waals surface area contributed by atoms with Crippen LogP contribution < -0.4 is 5.73 Å². The van der Waals surface area contributed by atoms with Crippen LogP contribution in [-0.2, 0) is 16.6 Å². The second-order valence-corrected chi connectivity index (χ2v) is 7.02. The molecule has 0 aliphatic carbocycles. The molecule has 1 aromatic rings. The summed E-state index contributed by atoms with van der Waals surface area (Å²) in [4.78, 5) is 0. The van der Waals surface area contributed by atoms with Crippen LogP contribution >= 0.6 is 11.6 Å². The van der Waals surface area contributed by atoms with Gasteiger partial charge in [-0.15, -0.1) is 0 Å². The van der Waals surface area contributed by atoms with E-state index >= 15 is 0 Å². The third-order valence-electron chi connectivity index (χ3n) is 2.11. The van der Waals surface area contributed by atoms with Gasteiger partial charge in [0.2, 0.25) is 0 Å². The van der Waals surface area contributed by atoms with E-state index in [1.807, 2.05) is 20.8 Å². The molecule has 0 aliphatic heterocycles. The number of nitrogen functional groups attached to an aromatic ring is 1. The van der Waals surface area contributed by atoms with Gasteiger partial charge in [-0.25, -0.2) is 0 Å². The topological polar surface area (TPSA) is 43.1 Å². The van der Waals surface area contributed by atoms with Crippen molar-refractivity contribution >= 4 is 28.1 Å². The second-order valence-electron chi connectivity index (χ2n) is 4.41. The van der Waals surface area contributed by atoms with Gasteiger partial charge in [-0.05, 0) is 32.9 Å². The van der Waals surface area contributed by atoms with Crippen LogP contribution in [0.25, 0.3) is 0 Å². The monoisotopic (exact) mass is 245 g/mol. The lowest BCUT2D eigenvalue weighted by Crippen LogP contribution is -2.23. The Morgan fingerprint density at radius 2 is 2.00 bits per heavy atom. The maximum Gasteiger partial charge on any atom is 0.0526 e. The van der Waals surface area contributed by atoms with Crippen molar-refractivity contribution in [1.29, 1.82) is 0 Å². The highest BCUT2D eigenvalue weighted by Gasteiger charge is 2.21. The van der Waals surface area contributed by atoms with Gasteiger partial charge in [-0.1, -0.05) is 17.7 Å². The first-order chi connectivity index (χ1) is 6.82. The first-order valence-corrected chi connectivity index (χ1v) is 6.43. The number of benzene rings is 1. The van der Waals surface area contributed by atoms with Gasteiger partial charge >= 0.3 is 0 Å². The Morgan fingerprint density at radius 3 is 2.47 bits per heavy atom. The van der Waals surface area contributed by atoms with Crippen molar-refractivity contribution in [1.82, 2.24) is 0 Å². The normalized spacial score (nSPS) is 13.9. The average molecular weight is 246 g/mol. The molecule has 0 radical (unpaired) electrons. The number of halogens is 1. The summed E-state index contributed by atoms with van der Waals surface area (Å²) in [5, 5.41) is 0.590. The van der Waals surface area contributed by atoms with Crippen LogP contribution in [0.3, 0.4) is 0 Å². The number of hydrogen-bond acceptors (Lipinski definition) is 2. The molecule has 1 unspecified atom stereocenters. The lowest BCUT2D eigenvalue weighted by atomic mass is 10.2. The van der Waals surface area contributed by atoms with Crippen molar-refractivity contribution in [2.75, 3.05) is 5.73 Å². The molecular weight excluding hydrogens is 230 g/mol. The van der Waals surface area contributed by atoms with Gasteiger partial charge in [-0.3, -0.25) is 4.21 Å². The van der Waals surface area contributed by atoms with E-state index in [1.165, 1.54) is 0 Å². The minimum Gasteiger partial charge on any atom is -0.398 e. The van der Waals surface area contributed by atoms with Gasteiger partial charge in [0, 0.05) is 31.8 Å². The SMILES string of the molecule is CC(C)(C)S(=O)Cc1c(N)cccc1Cl. The van der Waals surface area contributed by atoms with E-state index in [-0.39, 0.29) is 4.75 Å². The van der Waals surface area contributed by atoms with Crippen LogP contribution in [0.4, 0.5) is 5.69 Å². The predicted octanol–water partition coefficient (Wildman–Crippen LogP) is 2.97. The smallest absolute Gasteiger partial charge is 0.0526 e. The van der Waals surface area contributed by atoms with Crippen LogP contribution in [0, 0.1) is 0 Å². The molecule has 0 aromatic heterocycles.